The van der Waals surface area contributed by atoms with E-state index in [1.165, 1.54) is 12.1 Å². The van der Waals surface area contributed by atoms with Crippen LogP contribution >= 0.6 is 0 Å². The van der Waals surface area contributed by atoms with Crippen LogP contribution in [-0.4, -0.2) is 59.7 Å². The van der Waals surface area contributed by atoms with Gasteiger partial charge < -0.3 is 24.4 Å². The highest BCUT2D eigenvalue weighted by Gasteiger charge is 2.26. The molecule has 1 fully saturated rings. The number of hydrogen-bond donors (Lipinski definition) is 1. The van der Waals surface area contributed by atoms with Crippen LogP contribution in [0.3, 0.4) is 0 Å². The molecule has 0 saturated carbocycles. The van der Waals surface area contributed by atoms with Gasteiger partial charge in [0, 0.05) is 37.3 Å². The first-order chi connectivity index (χ1) is 12.6. The molecule has 2 amide bonds. The minimum absolute atomic E-state index is 0.0625. The van der Waals surface area contributed by atoms with Gasteiger partial charge in [-0.25, -0.2) is 0 Å². The number of benzene rings is 2. The number of phenols is 1. The second-order valence-electron chi connectivity index (χ2n) is 6.20. The summed E-state index contributed by atoms with van der Waals surface area (Å²) in [6, 6.07) is 11.4. The number of piperazine rings is 1. The molecule has 0 bridgehead atoms. The molecular formula is C19H18N2O5. The predicted octanol–water partition coefficient (Wildman–Crippen LogP) is 1.72. The van der Waals surface area contributed by atoms with Crippen LogP contribution in [0.15, 0.2) is 42.5 Å². The maximum atomic E-state index is 12.7. The highest BCUT2D eigenvalue weighted by Crippen LogP contribution is 2.32. The van der Waals surface area contributed by atoms with E-state index in [1.807, 2.05) is 0 Å². The first-order valence-electron chi connectivity index (χ1n) is 8.39. The smallest absolute Gasteiger partial charge is 0.254 e. The fraction of sp³-hybridized carbons (Fsp3) is 0.263. The second kappa shape index (κ2) is 6.59. The molecule has 0 aliphatic carbocycles. The molecule has 1 N–H and O–H groups in total. The molecule has 0 aromatic heterocycles. The van der Waals surface area contributed by atoms with Gasteiger partial charge in [-0.05, 0) is 36.4 Å². The summed E-state index contributed by atoms with van der Waals surface area (Å²) in [6.45, 7) is 1.98. The molecule has 0 spiro atoms. The summed E-state index contributed by atoms with van der Waals surface area (Å²) in [5.74, 6) is 1.05. The molecule has 2 aromatic rings. The molecular weight excluding hydrogens is 336 g/mol. The molecule has 0 unspecified atom stereocenters. The van der Waals surface area contributed by atoms with Gasteiger partial charge in [0.2, 0.25) is 6.79 Å². The third-order valence-electron chi connectivity index (χ3n) is 4.57. The summed E-state index contributed by atoms with van der Waals surface area (Å²) in [5.41, 5.74) is 0.988. The van der Waals surface area contributed by atoms with Crippen molar-refractivity contribution in [1.29, 1.82) is 0 Å². The Bertz CT molecular complexity index is 859. The number of hydrogen-bond acceptors (Lipinski definition) is 5. The van der Waals surface area contributed by atoms with Crippen LogP contribution in [0.5, 0.6) is 17.2 Å². The van der Waals surface area contributed by atoms with Crippen LogP contribution in [0.2, 0.25) is 0 Å². The van der Waals surface area contributed by atoms with Crippen LogP contribution in [0.1, 0.15) is 20.7 Å². The van der Waals surface area contributed by atoms with Gasteiger partial charge in [-0.1, -0.05) is 6.07 Å². The number of rotatable bonds is 2. The molecule has 2 heterocycles. The van der Waals surface area contributed by atoms with Gasteiger partial charge in [-0.3, -0.25) is 9.59 Å². The molecule has 2 aliphatic rings. The molecule has 4 rings (SSSR count). The Morgan fingerprint density at radius 3 is 2.08 bits per heavy atom. The van der Waals surface area contributed by atoms with Crippen LogP contribution < -0.4 is 9.47 Å². The fourth-order valence-corrected chi connectivity index (χ4v) is 3.15. The van der Waals surface area contributed by atoms with Crippen molar-refractivity contribution in [3.63, 3.8) is 0 Å². The molecule has 2 aromatic carbocycles. The summed E-state index contributed by atoms with van der Waals surface area (Å²) in [4.78, 5) is 28.6. The molecule has 0 radical (unpaired) electrons. The number of phenolic OH excluding ortho intramolecular Hbond substituents is 1. The second-order valence-corrected chi connectivity index (χ2v) is 6.20. The summed E-state index contributed by atoms with van der Waals surface area (Å²) >= 11 is 0. The van der Waals surface area contributed by atoms with Gasteiger partial charge in [0.15, 0.2) is 11.5 Å². The van der Waals surface area contributed by atoms with Gasteiger partial charge in [-0.15, -0.1) is 0 Å². The van der Waals surface area contributed by atoms with Crippen molar-refractivity contribution in [2.24, 2.45) is 0 Å². The monoisotopic (exact) mass is 354 g/mol. The number of amides is 2. The lowest BCUT2D eigenvalue weighted by molar-refractivity contribution is 0.0535. The Morgan fingerprint density at radius 1 is 0.808 bits per heavy atom. The zero-order chi connectivity index (χ0) is 18.1. The number of nitrogens with zero attached hydrogens (tertiary/aromatic N) is 2. The van der Waals surface area contributed by atoms with Crippen molar-refractivity contribution in [2.45, 2.75) is 0 Å². The van der Waals surface area contributed by atoms with E-state index in [9.17, 15) is 14.7 Å². The topological polar surface area (TPSA) is 79.3 Å². The van der Waals surface area contributed by atoms with Crippen molar-refractivity contribution in [3.8, 4) is 17.2 Å². The summed E-state index contributed by atoms with van der Waals surface area (Å²) in [7, 11) is 0. The van der Waals surface area contributed by atoms with Crippen LogP contribution in [0.25, 0.3) is 0 Å². The van der Waals surface area contributed by atoms with Crippen LogP contribution in [-0.2, 0) is 0 Å². The predicted molar refractivity (Wildman–Crippen MR) is 92.5 cm³/mol. The van der Waals surface area contributed by atoms with Crippen LogP contribution in [0, 0.1) is 0 Å². The van der Waals surface area contributed by atoms with Crippen molar-refractivity contribution in [1.82, 2.24) is 9.80 Å². The van der Waals surface area contributed by atoms with Gasteiger partial charge in [-0.2, -0.15) is 0 Å². The minimum Gasteiger partial charge on any atom is -0.508 e. The summed E-state index contributed by atoms with van der Waals surface area (Å²) < 4.78 is 10.6. The standard InChI is InChI=1S/C19H18N2O5/c22-15-3-1-2-13(10-15)18(23)20-6-8-21(9-7-20)19(24)14-4-5-16-17(11-14)26-12-25-16/h1-5,10-11,22H,6-9,12H2. The zero-order valence-electron chi connectivity index (χ0n) is 14.1. The minimum atomic E-state index is -0.143. The SMILES string of the molecule is O=C(c1cccc(O)c1)N1CCN(C(=O)c2ccc3c(c2)OCO3)CC1. The Kier molecular flexibility index (Phi) is 4.12. The lowest BCUT2D eigenvalue weighted by Crippen LogP contribution is -2.50. The summed E-state index contributed by atoms with van der Waals surface area (Å²) in [6.07, 6.45) is 0. The number of carbonyl (C=O) groups is 2. The van der Waals surface area contributed by atoms with Gasteiger partial charge in [0.25, 0.3) is 11.8 Å². The van der Waals surface area contributed by atoms with E-state index in [0.717, 1.165) is 0 Å². The number of ether oxygens (including phenoxy) is 2. The van der Waals surface area contributed by atoms with Gasteiger partial charge in [0.1, 0.15) is 5.75 Å². The molecule has 1 saturated heterocycles. The quantitative estimate of drug-likeness (QED) is 0.888. The maximum Gasteiger partial charge on any atom is 0.254 e. The number of fused-ring (bicyclic) bond motifs is 1. The van der Waals surface area contributed by atoms with E-state index in [1.54, 1.807) is 40.1 Å². The molecule has 0 atom stereocenters. The molecule has 26 heavy (non-hydrogen) atoms. The van der Waals surface area contributed by atoms with Gasteiger partial charge >= 0.3 is 0 Å². The van der Waals surface area contributed by atoms with E-state index < -0.39 is 0 Å². The Morgan fingerprint density at radius 2 is 1.42 bits per heavy atom. The molecule has 2 aliphatic heterocycles. The first kappa shape index (κ1) is 16.3. The van der Waals surface area contributed by atoms with Crippen molar-refractivity contribution >= 4 is 11.8 Å². The van der Waals surface area contributed by atoms with E-state index in [2.05, 4.69) is 0 Å². The third kappa shape index (κ3) is 3.03. The third-order valence-corrected chi connectivity index (χ3v) is 4.57. The molecule has 7 nitrogen and oxygen atoms in total. The average molecular weight is 354 g/mol. The van der Waals surface area contributed by atoms with Crippen molar-refractivity contribution in [2.75, 3.05) is 33.0 Å². The Labute approximate surface area is 150 Å². The lowest BCUT2D eigenvalue weighted by Gasteiger charge is -2.35. The van der Waals surface area contributed by atoms with E-state index in [4.69, 9.17) is 9.47 Å². The van der Waals surface area contributed by atoms with Crippen molar-refractivity contribution < 1.29 is 24.2 Å². The van der Waals surface area contributed by atoms with E-state index in [0.29, 0.717) is 48.8 Å². The largest absolute Gasteiger partial charge is 0.508 e. The van der Waals surface area contributed by atoms with Crippen molar-refractivity contribution in [3.05, 3.63) is 53.6 Å². The van der Waals surface area contributed by atoms with Crippen LogP contribution in [0.4, 0.5) is 0 Å². The zero-order valence-corrected chi connectivity index (χ0v) is 14.1. The first-order valence-corrected chi connectivity index (χ1v) is 8.39. The molecule has 134 valence electrons. The fourth-order valence-electron chi connectivity index (χ4n) is 3.15. The Balaban J connectivity index is 1.40. The molecule has 7 heteroatoms. The lowest BCUT2D eigenvalue weighted by atomic mass is 10.1. The van der Waals surface area contributed by atoms with E-state index in [-0.39, 0.29) is 24.4 Å². The maximum absolute atomic E-state index is 12.7. The van der Waals surface area contributed by atoms with E-state index >= 15 is 0 Å². The summed E-state index contributed by atoms with van der Waals surface area (Å²) in [5, 5.41) is 9.53. The number of aromatic hydroxyl groups is 1. The number of carbonyl (C=O) groups excluding carboxylic acids is 2. The highest BCUT2D eigenvalue weighted by molar-refractivity contribution is 5.96. The Hall–Kier alpha value is -3.22. The highest BCUT2D eigenvalue weighted by atomic mass is 16.7. The normalized spacial score (nSPS) is 15.8. The van der Waals surface area contributed by atoms with Gasteiger partial charge in [0.05, 0.1) is 0 Å². The average Bonchev–Trinajstić information content (AvgIpc) is 3.15.